The van der Waals surface area contributed by atoms with Gasteiger partial charge in [0.2, 0.25) is 5.91 Å². The molecule has 1 aromatic heterocycles. The van der Waals surface area contributed by atoms with Crippen LogP contribution >= 0.6 is 0 Å². The van der Waals surface area contributed by atoms with Crippen molar-refractivity contribution < 1.29 is 4.79 Å². The summed E-state index contributed by atoms with van der Waals surface area (Å²) in [4.78, 5) is 27.7. The number of carbonyl (C=O) groups excluding carboxylic acids is 1. The number of nitrogens with one attached hydrogen (secondary N) is 1. The summed E-state index contributed by atoms with van der Waals surface area (Å²) in [5, 5.41) is 3.16. The van der Waals surface area contributed by atoms with Crippen LogP contribution in [0.15, 0.2) is 30.3 Å². The Balaban J connectivity index is 1.42. The monoisotopic (exact) mass is 436 g/mol. The van der Waals surface area contributed by atoms with Crippen molar-refractivity contribution in [3.63, 3.8) is 0 Å². The molecule has 7 heteroatoms. The Labute approximate surface area is 191 Å². The summed E-state index contributed by atoms with van der Waals surface area (Å²) in [5.74, 6) is 1.91. The fraction of sp³-hybridized carbons (Fsp3) is 0.560. The maximum Gasteiger partial charge on any atom is 0.219 e. The lowest BCUT2D eigenvalue weighted by Crippen LogP contribution is -2.34. The molecule has 1 atom stereocenters. The molecular formula is C25H36N6O. The molecule has 2 fully saturated rings. The van der Waals surface area contributed by atoms with E-state index in [4.69, 9.17) is 4.98 Å². The van der Waals surface area contributed by atoms with Crippen LogP contribution in [0.3, 0.4) is 0 Å². The van der Waals surface area contributed by atoms with E-state index in [2.05, 4.69) is 50.4 Å². The predicted octanol–water partition coefficient (Wildman–Crippen LogP) is 3.48. The quantitative estimate of drug-likeness (QED) is 0.717. The summed E-state index contributed by atoms with van der Waals surface area (Å²) >= 11 is 0. The van der Waals surface area contributed by atoms with Crippen molar-refractivity contribution >= 4 is 17.4 Å². The zero-order chi connectivity index (χ0) is 22.5. The van der Waals surface area contributed by atoms with E-state index in [9.17, 15) is 4.79 Å². The molecule has 1 amide bonds. The van der Waals surface area contributed by atoms with Gasteiger partial charge in [-0.1, -0.05) is 12.1 Å². The summed E-state index contributed by atoms with van der Waals surface area (Å²) in [6.45, 7) is 7.46. The molecule has 2 aliphatic heterocycles. The van der Waals surface area contributed by atoms with Gasteiger partial charge in [0.05, 0.1) is 12.2 Å². The molecule has 2 aliphatic rings. The van der Waals surface area contributed by atoms with Gasteiger partial charge in [0, 0.05) is 64.9 Å². The number of carbonyl (C=O) groups is 1. The van der Waals surface area contributed by atoms with E-state index in [1.165, 1.54) is 37.2 Å². The van der Waals surface area contributed by atoms with Gasteiger partial charge < -0.3 is 15.1 Å². The Morgan fingerprint density at radius 2 is 1.88 bits per heavy atom. The van der Waals surface area contributed by atoms with Gasteiger partial charge in [-0.25, -0.2) is 9.97 Å². The molecule has 7 nitrogen and oxygen atoms in total. The number of aromatic nitrogens is 2. The number of hydrogen-bond acceptors (Lipinski definition) is 6. The Morgan fingerprint density at radius 1 is 1.12 bits per heavy atom. The number of likely N-dealkylation sites (tertiary alicyclic amines) is 1. The summed E-state index contributed by atoms with van der Waals surface area (Å²) in [5.41, 5.74) is 3.80. The number of piperidine rings is 1. The third-order valence-electron chi connectivity index (χ3n) is 6.70. The van der Waals surface area contributed by atoms with Crippen molar-refractivity contribution in [2.75, 3.05) is 50.5 Å². The highest BCUT2D eigenvalue weighted by atomic mass is 16.2. The molecule has 1 aromatic carbocycles. The van der Waals surface area contributed by atoms with Gasteiger partial charge in [0.25, 0.3) is 0 Å². The first kappa shape index (κ1) is 22.5. The van der Waals surface area contributed by atoms with Crippen molar-refractivity contribution in [3.05, 3.63) is 47.4 Å². The fourth-order valence-corrected chi connectivity index (χ4v) is 4.74. The lowest BCUT2D eigenvalue weighted by atomic mass is 9.94. The first-order valence-electron chi connectivity index (χ1n) is 11.9. The van der Waals surface area contributed by atoms with Crippen molar-refractivity contribution in [3.8, 4) is 0 Å². The van der Waals surface area contributed by atoms with E-state index in [1.54, 1.807) is 18.9 Å². The molecule has 1 unspecified atom stereocenters. The Morgan fingerprint density at radius 3 is 2.56 bits per heavy atom. The highest BCUT2D eigenvalue weighted by molar-refractivity contribution is 5.72. The number of benzene rings is 1. The summed E-state index contributed by atoms with van der Waals surface area (Å²) < 4.78 is 0. The van der Waals surface area contributed by atoms with E-state index < -0.39 is 0 Å². The van der Waals surface area contributed by atoms with Crippen LogP contribution < -0.4 is 10.2 Å². The third-order valence-corrected chi connectivity index (χ3v) is 6.70. The molecule has 32 heavy (non-hydrogen) atoms. The second-order valence-corrected chi connectivity index (χ2v) is 9.15. The second kappa shape index (κ2) is 10.3. The topological polar surface area (TPSA) is 64.6 Å². The fourth-order valence-electron chi connectivity index (χ4n) is 4.74. The van der Waals surface area contributed by atoms with Crippen LogP contribution in [0.4, 0.5) is 11.5 Å². The minimum atomic E-state index is 0.0182. The van der Waals surface area contributed by atoms with Gasteiger partial charge in [-0.3, -0.25) is 9.69 Å². The Kier molecular flexibility index (Phi) is 7.25. The number of amides is 1. The van der Waals surface area contributed by atoms with Gasteiger partial charge in [-0.05, 0) is 49.9 Å². The smallest absolute Gasteiger partial charge is 0.219 e. The number of nitrogens with zero attached hydrogens (tertiary/aromatic N) is 5. The van der Waals surface area contributed by atoms with Crippen LogP contribution in [-0.2, 0) is 17.9 Å². The van der Waals surface area contributed by atoms with Crippen molar-refractivity contribution in [1.29, 1.82) is 0 Å². The van der Waals surface area contributed by atoms with Crippen LogP contribution in [0, 0.1) is 0 Å². The zero-order valence-corrected chi connectivity index (χ0v) is 19.7. The van der Waals surface area contributed by atoms with Crippen LogP contribution in [-0.4, -0.2) is 65.9 Å². The van der Waals surface area contributed by atoms with E-state index in [0.29, 0.717) is 18.3 Å². The number of rotatable bonds is 7. The van der Waals surface area contributed by atoms with Gasteiger partial charge in [0.15, 0.2) is 0 Å². The standard InChI is InChI=1S/C25H36N6O/c1-19(32)29(3)18-25-27-23(15-24(26-2)28-25)21-7-6-12-30(17-21)16-20-8-10-22(11-9-20)31-13-4-5-14-31/h8-11,15,21H,4-7,12-14,16-18H2,1-3H3,(H,26,27,28). The molecule has 0 bridgehead atoms. The summed E-state index contributed by atoms with van der Waals surface area (Å²) in [7, 11) is 3.67. The normalized spacial score (nSPS) is 19.2. The highest BCUT2D eigenvalue weighted by Crippen LogP contribution is 2.28. The molecule has 1 N–H and O–H groups in total. The highest BCUT2D eigenvalue weighted by Gasteiger charge is 2.24. The zero-order valence-electron chi connectivity index (χ0n) is 19.7. The molecule has 0 radical (unpaired) electrons. The maximum absolute atomic E-state index is 11.6. The molecule has 0 aliphatic carbocycles. The van der Waals surface area contributed by atoms with Crippen molar-refractivity contribution in [1.82, 2.24) is 19.8 Å². The summed E-state index contributed by atoms with van der Waals surface area (Å²) in [6, 6.07) is 11.2. The molecule has 2 aromatic rings. The van der Waals surface area contributed by atoms with Crippen LogP contribution in [0.2, 0.25) is 0 Å². The number of hydrogen-bond donors (Lipinski definition) is 1. The molecular weight excluding hydrogens is 400 g/mol. The van der Waals surface area contributed by atoms with Crippen LogP contribution in [0.1, 0.15) is 55.6 Å². The third kappa shape index (κ3) is 5.57. The van der Waals surface area contributed by atoms with E-state index in [0.717, 1.165) is 44.0 Å². The maximum atomic E-state index is 11.6. The average Bonchev–Trinajstić information content (AvgIpc) is 3.34. The SMILES string of the molecule is CNc1cc(C2CCCN(Cc3ccc(N4CCCC4)cc3)C2)nc(CN(C)C(C)=O)n1. The average molecular weight is 437 g/mol. The Hall–Kier alpha value is -2.67. The summed E-state index contributed by atoms with van der Waals surface area (Å²) in [6.07, 6.45) is 4.91. The molecule has 172 valence electrons. The minimum Gasteiger partial charge on any atom is -0.373 e. The lowest BCUT2D eigenvalue weighted by molar-refractivity contribution is -0.128. The van der Waals surface area contributed by atoms with E-state index in [1.807, 2.05) is 7.05 Å². The predicted molar refractivity (Wildman–Crippen MR) is 129 cm³/mol. The molecule has 3 heterocycles. The van der Waals surface area contributed by atoms with E-state index in [-0.39, 0.29) is 5.91 Å². The van der Waals surface area contributed by atoms with Gasteiger partial charge in [-0.2, -0.15) is 0 Å². The first-order chi connectivity index (χ1) is 15.5. The molecule has 2 saturated heterocycles. The molecule has 0 spiro atoms. The van der Waals surface area contributed by atoms with Gasteiger partial charge in [0.1, 0.15) is 11.6 Å². The van der Waals surface area contributed by atoms with E-state index >= 15 is 0 Å². The molecule has 4 rings (SSSR count). The first-order valence-corrected chi connectivity index (χ1v) is 11.9. The van der Waals surface area contributed by atoms with Gasteiger partial charge in [-0.15, -0.1) is 0 Å². The second-order valence-electron chi connectivity index (χ2n) is 9.15. The largest absolute Gasteiger partial charge is 0.373 e. The van der Waals surface area contributed by atoms with Crippen LogP contribution in [0.5, 0.6) is 0 Å². The lowest BCUT2D eigenvalue weighted by Gasteiger charge is -2.33. The van der Waals surface area contributed by atoms with Gasteiger partial charge >= 0.3 is 0 Å². The Bertz CT molecular complexity index is 909. The van der Waals surface area contributed by atoms with Crippen molar-refractivity contribution in [2.24, 2.45) is 0 Å². The van der Waals surface area contributed by atoms with Crippen LogP contribution in [0.25, 0.3) is 0 Å². The number of anilines is 2. The molecule has 0 saturated carbocycles. The minimum absolute atomic E-state index is 0.0182. The van der Waals surface area contributed by atoms with Crippen molar-refractivity contribution in [2.45, 2.75) is 51.6 Å².